The average molecular weight is 404 g/mol. The van der Waals surface area contributed by atoms with Crippen molar-refractivity contribution >= 4 is 39.2 Å². The predicted molar refractivity (Wildman–Crippen MR) is 98.7 cm³/mol. The molecule has 0 aliphatic rings. The second kappa shape index (κ2) is 7.74. The summed E-state index contributed by atoms with van der Waals surface area (Å²) < 4.78 is 30.5. The number of halogens is 2. The van der Waals surface area contributed by atoms with Crippen LogP contribution in [0.5, 0.6) is 0 Å². The number of hydrogen-bond donors (Lipinski definition) is 2. The Kier molecular flexibility index (Phi) is 5.37. The van der Waals surface area contributed by atoms with Gasteiger partial charge in [-0.3, -0.25) is 4.79 Å². The highest BCUT2D eigenvalue weighted by Crippen LogP contribution is 2.33. The molecule has 144 valence electrons. The van der Waals surface area contributed by atoms with Crippen LogP contribution in [0.4, 0.5) is 13.8 Å². The summed E-state index contributed by atoms with van der Waals surface area (Å²) in [7, 11) is 0. The zero-order valence-electron chi connectivity index (χ0n) is 14.8. The molecule has 0 radical (unpaired) electrons. The van der Waals surface area contributed by atoms with E-state index >= 15 is 0 Å². The van der Waals surface area contributed by atoms with Gasteiger partial charge in [0.05, 0.1) is 23.2 Å². The Morgan fingerprint density at radius 2 is 2.18 bits per heavy atom. The van der Waals surface area contributed by atoms with Gasteiger partial charge in [-0.05, 0) is 37.6 Å². The Labute approximate surface area is 162 Å². The third kappa shape index (κ3) is 3.57. The number of alkyl halides is 2. The molecule has 28 heavy (non-hydrogen) atoms. The van der Waals surface area contributed by atoms with Crippen molar-refractivity contribution in [3.63, 3.8) is 0 Å². The van der Waals surface area contributed by atoms with E-state index in [0.717, 1.165) is 11.3 Å². The third-order valence-electron chi connectivity index (χ3n) is 3.92. The molecule has 0 saturated heterocycles. The highest BCUT2D eigenvalue weighted by Gasteiger charge is 2.23. The summed E-state index contributed by atoms with van der Waals surface area (Å²) in [5.41, 5.74) is 1.37. The number of anilines is 1. The molecule has 10 heteroatoms. The van der Waals surface area contributed by atoms with Crippen LogP contribution >= 0.6 is 11.3 Å². The summed E-state index contributed by atoms with van der Waals surface area (Å²) in [5, 5.41) is 12.2. The van der Waals surface area contributed by atoms with Crippen molar-refractivity contribution < 1.29 is 23.1 Å². The van der Waals surface area contributed by atoms with Crippen molar-refractivity contribution in [2.45, 2.75) is 20.3 Å². The Morgan fingerprint density at radius 3 is 2.82 bits per heavy atom. The monoisotopic (exact) mass is 404 g/mol. The van der Waals surface area contributed by atoms with Gasteiger partial charge in [0.15, 0.2) is 5.82 Å². The molecule has 0 unspecified atom stereocenters. The number of benzene rings is 1. The average Bonchev–Trinajstić information content (AvgIpc) is 3.22. The molecule has 3 rings (SSSR count). The molecule has 0 saturated carbocycles. The molecule has 3 aromatic rings. The van der Waals surface area contributed by atoms with Crippen molar-refractivity contribution in [2.24, 2.45) is 0 Å². The van der Waals surface area contributed by atoms with Crippen molar-refractivity contribution in [1.82, 2.24) is 9.97 Å². The number of aromatic amines is 1. The van der Waals surface area contributed by atoms with Gasteiger partial charge in [0.2, 0.25) is 0 Å². The van der Waals surface area contributed by atoms with Crippen LogP contribution in [-0.4, -0.2) is 28.5 Å². The fourth-order valence-electron chi connectivity index (χ4n) is 2.58. The predicted octanol–water partition coefficient (Wildman–Crippen LogP) is 4.17. The van der Waals surface area contributed by atoms with Gasteiger partial charge < -0.3 is 15.0 Å². The van der Waals surface area contributed by atoms with Crippen molar-refractivity contribution in [3.8, 4) is 6.07 Å². The van der Waals surface area contributed by atoms with Gasteiger partial charge in [0.25, 0.3) is 12.3 Å². The number of nitrogens with zero attached hydrogens (tertiary/aromatic N) is 2. The summed E-state index contributed by atoms with van der Waals surface area (Å²) >= 11 is 0.945. The third-order valence-corrected chi connectivity index (χ3v) is 5.10. The lowest BCUT2D eigenvalue weighted by Gasteiger charge is -2.03. The molecular formula is C18H14F2N4O3S. The lowest BCUT2D eigenvalue weighted by atomic mass is 10.1. The maximum atomic E-state index is 12.8. The van der Waals surface area contributed by atoms with E-state index in [-0.39, 0.29) is 33.1 Å². The quantitative estimate of drug-likeness (QED) is 0.621. The molecule has 0 aliphatic heterocycles. The second-order valence-electron chi connectivity index (χ2n) is 5.70. The largest absolute Gasteiger partial charge is 0.462 e. The zero-order chi connectivity index (χ0) is 20.4. The number of imidazole rings is 1. The van der Waals surface area contributed by atoms with E-state index in [9.17, 15) is 23.6 Å². The molecule has 2 N–H and O–H groups in total. The number of carbonyl (C=O) groups excluding carboxylic acids is 2. The van der Waals surface area contributed by atoms with Gasteiger partial charge in [-0.1, -0.05) is 0 Å². The van der Waals surface area contributed by atoms with Gasteiger partial charge in [-0.25, -0.2) is 18.6 Å². The molecule has 0 atom stereocenters. The Balaban J connectivity index is 1.90. The number of amides is 1. The number of thiophene rings is 1. The molecule has 0 spiro atoms. The summed E-state index contributed by atoms with van der Waals surface area (Å²) in [4.78, 5) is 31.0. The minimum Gasteiger partial charge on any atom is -0.462 e. The highest BCUT2D eigenvalue weighted by atomic mass is 32.1. The van der Waals surface area contributed by atoms with E-state index in [1.807, 2.05) is 6.07 Å². The molecular weight excluding hydrogens is 390 g/mol. The fourth-order valence-corrected chi connectivity index (χ4v) is 3.62. The van der Waals surface area contributed by atoms with Crippen molar-refractivity contribution in [1.29, 1.82) is 5.26 Å². The minimum absolute atomic E-state index is 0.170. The summed E-state index contributed by atoms with van der Waals surface area (Å²) in [6.45, 7) is 3.45. The van der Waals surface area contributed by atoms with Gasteiger partial charge in [0, 0.05) is 5.56 Å². The molecule has 0 bridgehead atoms. The number of fused-ring (bicyclic) bond motifs is 1. The van der Waals surface area contributed by atoms with Gasteiger partial charge in [-0.15, -0.1) is 11.3 Å². The Hall–Kier alpha value is -3.32. The van der Waals surface area contributed by atoms with E-state index in [2.05, 4.69) is 15.3 Å². The number of H-pyrrole nitrogens is 1. The smallest absolute Gasteiger partial charge is 0.348 e. The molecule has 1 aromatic carbocycles. The number of aromatic nitrogens is 2. The first-order valence-corrected chi connectivity index (χ1v) is 8.97. The van der Waals surface area contributed by atoms with Crippen LogP contribution in [0.25, 0.3) is 11.0 Å². The molecule has 0 aliphatic carbocycles. The molecule has 2 heterocycles. The van der Waals surface area contributed by atoms with Crippen LogP contribution < -0.4 is 5.32 Å². The molecule has 7 nitrogen and oxygen atoms in total. The Morgan fingerprint density at radius 1 is 1.43 bits per heavy atom. The lowest BCUT2D eigenvalue weighted by Crippen LogP contribution is -2.11. The van der Waals surface area contributed by atoms with Gasteiger partial charge in [-0.2, -0.15) is 5.26 Å². The number of nitriles is 1. The van der Waals surface area contributed by atoms with Gasteiger partial charge in [0.1, 0.15) is 15.9 Å². The first-order valence-electron chi connectivity index (χ1n) is 8.15. The van der Waals surface area contributed by atoms with Crippen LogP contribution in [0.2, 0.25) is 0 Å². The number of esters is 1. The summed E-state index contributed by atoms with van der Waals surface area (Å²) in [6, 6.07) is 6.25. The van der Waals surface area contributed by atoms with Crippen LogP contribution in [-0.2, 0) is 4.74 Å². The summed E-state index contributed by atoms with van der Waals surface area (Å²) in [6.07, 6.45) is -2.75. The number of carbonyl (C=O) groups is 2. The summed E-state index contributed by atoms with van der Waals surface area (Å²) in [5.74, 6) is -1.60. The number of hydrogen-bond acceptors (Lipinski definition) is 6. The van der Waals surface area contributed by atoms with Crippen LogP contribution in [0.1, 0.15) is 50.3 Å². The number of nitrogens with one attached hydrogen (secondary N) is 2. The van der Waals surface area contributed by atoms with Crippen LogP contribution in [0, 0.1) is 18.3 Å². The van der Waals surface area contributed by atoms with Crippen molar-refractivity contribution in [3.05, 3.63) is 45.6 Å². The van der Waals surface area contributed by atoms with Gasteiger partial charge >= 0.3 is 5.97 Å². The van der Waals surface area contributed by atoms with E-state index in [1.54, 1.807) is 13.8 Å². The second-order valence-corrected chi connectivity index (χ2v) is 6.72. The molecule has 2 aromatic heterocycles. The molecule has 1 amide bonds. The number of rotatable bonds is 5. The minimum atomic E-state index is -2.75. The standard InChI is InChI=1S/C18H14F2N4O3S/c1-3-27-18(26)13-8(2)10(7-21)17(28-13)24-16(25)9-4-5-11-12(6-9)23-15(22-11)14(19)20/h4-6,14H,3H2,1-2H3,(H,22,23)(H,24,25). The van der Waals surface area contributed by atoms with E-state index in [4.69, 9.17) is 4.74 Å². The molecule has 0 fully saturated rings. The number of ether oxygens (including phenoxy) is 1. The zero-order valence-corrected chi connectivity index (χ0v) is 15.6. The van der Waals surface area contributed by atoms with E-state index in [0.29, 0.717) is 11.1 Å². The SMILES string of the molecule is CCOC(=O)c1sc(NC(=O)c2ccc3nc(C(F)F)[nH]c3c2)c(C#N)c1C. The topological polar surface area (TPSA) is 108 Å². The van der Waals surface area contributed by atoms with Crippen LogP contribution in [0.15, 0.2) is 18.2 Å². The lowest BCUT2D eigenvalue weighted by molar-refractivity contribution is 0.0531. The normalized spacial score (nSPS) is 10.9. The highest BCUT2D eigenvalue weighted by molar-refractivity contribution is 7.18. The Bertz CT molecular complexity index is 1110. The first-order chi connectivity index (χ1) is 13.3. The first kappa shape index (κ1) is 19.4. The van der Waals surface area contributed by atoms with E-state index in [1.165, 1.54) is 18.2 Å². The maximum Gasteiger partial charge on any atom is 0.348 e. The van der Waals surface area contributed by atoms with Crippen molar-refractivity contribution in [2.75, 3.05) is 11.9 Å². The van der Waals surface area contributed by atoms with E-state index < -0.39 is 24.1 Å². The maximum absolute atomic E-state index is 12.8. The van der Waals surface area contributed by atoms with Crippen LogP contribution in [0.3, 0.4) is 0 Å². The fraction of sp³-hybridized carbons (Fsp3) is 0.222.